The smallest absolute Gasteiger partial charge is 0.372 e. The second-order valence-electron chi connectivity index (χ2n) is 3.47. The van der Waals surface area contributed by atoms with Gasteiger partial charge in [0, 0.05) is 19.5 Å². The summed E-state index contributed by atoms with van der Waals surface area (Å²) in [6.45, 7) is 2.58. The van der Waals surface area contributed by atoms with Crippen molar-refractivity contribution >= 4 is 17.4 Å². The monoisotopic (exact) mass is 269 g/mol. The molecule has 0 saturated carbocycles. The van der Waals surface area contributed by atoms with Gasteiger partial charge in [-0.25, -0.2) is 4.98 Å². The van der Waals surface area contributed by atoms with Gasteiger partial charge in [-0.05, 0) is 6.92 Å². The Hall–Kier alpha value is -2.45. The Bertz CT molecular complexity index is 465. The van der Waals surface area contributed by atoms with Crippen molar-refractivity contribution in [3.05, 3.63) is 16.4 Å². The number of carbonyl (C=O) groups excluding carboxylic acids is 1. The summed E-state index contributed by atoms with van der Waals surface area (Å²) in [6.07, 6.45) is 1.34. The standard InChI is InChI=1S/C10H15N5O4/c1-3-11-7(16)4-5-12-9-8(15(17)18)10(19-2)14-6-13-9/h6H,3-5H2,1-2H3,(H,11,16)(H,12,13,14). The first-order chi connectivity index (χ1) is 9.10. The van der Waals surface area contributed by atoms with E-state index < -0.39 is 4.92 Å². The molecule has 1 rings (SSSR count). The van der Waals surface area contributed by atoms with Gasteiger partial charge in [-0.1, -0.05) is 0 Å². The molecule has 0 aromatic carbocycles. The van der Waals surface area contributed by atoms with Crippen LogP contribution in [0.1, 0.15) is 13.3 Å². The number of methoxy groups -OCH3 is 1. The van der Waals surface area contributed by atoms with E-state index in [0.717, 1.165) is 6.33 Å². The van der Waals surface area contributed by atoms with E-state index in [9.17, 15) is 14.9 Å². The molecule has 0 atom stereocenters. The van der Waals surface area contributed by atoms with Crippen LogP contribution in [0.15, 0.2) is 6.33 Å². The quantitative estimate of drug-likeness (QED) is 0.540. The van der Waals surface area contributed by atoms with Crippen molar-refractivity contribution < 1.29 is 14.5 Å². The molecule has 1 amide bonds. The zero-order chi connectivity index (χ0) is 14.3. The Labute approximate surface area is 109 Å². The number of nitrogens with zero attached hydrogens (tertiary/aromatic N) is 3. The molecule has 0 spiro atoms. The predicted octanol–water partition coefficient (Wildman–Crippen LogP) is 0.331. The highest BCUT2D eigenvalue weighted by Gasteiger charge is 2.23. The highest BCUT2D eigenvalue weighted by molar-refractivity contribution is 5.76. The summed E-state index contributed by atoms with van der Waals surface area (Å²) in [4.78, 5) is 29.0. The van der Waals surface area contributed by atoms with Crippen LogP contribution in [-0.4, -0.2) is 41.0 Å². The molecule has 2 N–H and O–H groups in total. The van der Waals surface area contributed by atoms with Gasteiger partial charge in [-0.2, -0.15) is 4.98 Å². The van der Waals surface area contributed by atoms with Crippen molar-refractivity contribution in [2.24, 2.45) is 0 Å². The average Bonchev–Trinajstić information content (AvgIpc) is 2.38. The summed E-state index contributed by atoms with van der Waals surface area (Å²) in [7, 11) is 1.29. The molecule has 1 heterocycles. The Morgan fingerprint density at radius 3 is 2.84 bits per heavy atom. The van der Waals surface area contributed by atoms with E-state index in [-0.39, 0.29) is 36.3 Å². The summed E-state index contributed by atoms with van der Waals surface area (Å²) in [5.41, 5.74) is -0.346. The Balaban J connectivity index is 2.73. The summed E-state index contributed by atoms with van der Waals surface area (Å²) in [5.74, 6) is -0.236. The minimum atomic E-state index is -0.632. The maximum absolute atomic E-state index is 11.2. The van der Waals surface area contributed by atoms with Crippen molar-refractivity contribution in [2.75, 3.05) is 25.5 Å². The van der Waals surface area contributed by atoms with Crippen LogP contribution in [0.2, 0.25) is 0 Å². The van der Waals surface area contributed by atoms with Crippen LogP contribution in [0.25, 0.3) is 0 Å². The van der Waals surface area contributed by atoms with Crippen molar-refractivity contribution in [1.29, 1.82) is 0 Å². The van der Waals surface area contributed by atoms with Gasteiger partial charge in [-0.3, -0.25) is 14.9 Å². The zero-order valence-corrected chi connectivity index (χ0v) is 10.7. The van der Waals surface area contributed by atoms with Gasteiger partial charge >= 0.3 is 5.69 Å². The maximum atomic E-state index is 11.2. The van der Waals surface area contributed by atoms with Crippen LogP contribution >= 0.6 is 0 Å². The SMILES string of the molecule is CCNC(=O)CCNc1ncnc(OC)c1[N+](=O)[O-]. The molecule has 0 saturated heterocycles. The van der Waals surface area contributed by atoms with Crippen LogP contribution in [-0.2, 0) is 4.79 Å². The maximum Gasteiger partial charge on any atom is 0.372 e. The highest BCUT2D eigenvalue weighted by atomic mass is 16.6. The Kier molecular flexibility index (Phi) is 5.45. The van der Waals surface area contributed by atoms with Crippen molar-refractivity contribution in [1.82, 2.24) is 15.3 Å². The number of carbonyl (C=O) groups is 1. The number of amides is 1. The number of anilines is 1. The van der Waals surface area contributed by atoms with E-state index in [1.54, 1.807) is 0 Å². The first-order valence-electron chi connectivity index (χ1n) is 5.64. The van der Waals surface area contributed by atoms with Crippen LogP contribution in [0.4, 0.5) is 11.5 Å². The van der Waals surface area contributed by atoms with Crippen LogP contribution in [0.3, 0.4) is 0 Å². The number of rotatable bonds is 7. The molecule has 0 unspecified atom stereocenters. The molecule has 104 valence electrons. The van der Waals surface area contributed by atoms with Crippen molar-refractivity contribution in [3.8, 4) is 5.88 Å². The third kappa shape index (κ3) is 4.05. The lowest BCUT2D eigenvalue weighted by molar-refractivity contribution is -0.385. The normalized spacial score (nSPS) is 9.79. The fraction of sp³-hybridized carbons (Fsp3) is 0.500. The van der Waals surface area contributed by atoms with Gasteiger partial charge in [0.05, 0.1) is 12.0 Å². The number of hydrogen-bond acceptors (Lipinski definition) is 7. The van der Waals surface area contributed by atoms with E-state index in [1.165, 1.54) is 7.11 Å². The number of ether oxygens (including phenoxy) is 1. The second kappa shape index (κ2) is 7.09. The minimum absolute atomic E-state index is 0.0288. The molecule has 9 nitrogen and oxygen atoms in total. The third-order valence-corrected chi connectivity index (χ3v) is 2.18. The number of nitrogens with one attached hydrogen (secondary N) is 2. The number of aromatic nitrogens is 2. The molecule has 0 aliphatic rings. The van der Waals surface area contributed by atoms with Crippen molar-refractivity contribution in [2.45, 2.75) is 13.3 Å². The number of nitro groups is 1. The highest BCUT2D eigenvalue weighted by Crippen LogP contribution is 2.30. The van der Waals surface area contributed by atoms with Crippen LogP contribution < -0.4 is 15.4 Å². The van der Waals surface area contributed by atoms with E-state index >= 15 is 0 Å². The zero-order valence-electron chi connectivity index (χ0n) is 10.7. The topological polar surface area (TPSA) is 119 Å². The molecule has 0 bridgehead atoms. The first-order valence-corrected chi connectivity index (χ1v) is 5.64. The fourth-order valence-corrected chi connectivity index (χ4v) is 1.39. The van der Waals surface area contributed by atoms with Gasteiger partial charge in [0.2, 0.25) is 11.7 Å². The Morgan fingerprint density at radius 1 is 1.53 bits per heavy atom. The molecule has 1 aromatic rings. The van der Waals surface area contributed by atoms with Gasteiger partial charge < -0.3 is 15.4 Å². The van der Waals surface area contributed by atoms with Gasteiger partial charge in [0.1, 0.15) is 6.33 Å². The van der Waals surface area contributed by atoms with Gasteiger partial charge in [0.15, 0.2) is 0 Å². The lowest BCUT2D eigenvalue weighted by Crippen LogP contribution is -2.25. The molecule has 0 aliphatic heterocycles. The van der Waals surface area contributed by atoms with Crippen molar-refractivity contribution in [3.63, 3.8) is 0 Å². The van der Waals surface area contributed by atoms with Crippen LogP contribution in [0.5, 0.6) is 5.88 Å². The largest absolute Gasteiger partial charge is 0.476 e. The summed E-state index contributed by atoms with van der Waals surface area (Å²) < 4.78 is 4.80. The lowest BCUT2D eigenvalue weighted by Gasteiger charge is -2.07. The molecule has 9 heteroatoms. The summed E-state index contributed by atoms with van der Waals surface area (Å²) in [6, 6.07) is 0. The molecular weight excluding hydrogens is 254 g/mol. The van der Waals surface area contributed by atoms with E-state index in [4.69, 9.17) is 4.74 Å². The molecule has 0 aliphatic carbocycles. The Morgan fingerprint density at radius 2 is 2.26 bits per heavy atom. The molecular formula is C10H15N5O4. The van der Waals surface area contributed by atoms with Gasteiger partial charge in [0.25, 0.3) is 5.88 Å². The first kappa shape index (κ1) is 14.6. The molecule has 1 aromatic heterocycles. The number of hydrogen-bond donors (Lipinski definition) is 2. The van der Waals surface area contributed by atoms with Crippen LogP contribution in [0, 0.1) is 10.1 Å². The predicted molar refractivity (Wildman–Crippen MR) is 67.0 cm³/mol. The molecule has 0 radical (unpaired) electrons. The summed E-state index contributed by atoms with van der Waals surface area (Å²) in [5, 5.41) is 16.3. The third-order valence-electron chi connectivity index (χ3n) is 2.18. The fourth-order valence-electron chi connectivity index (χ4n) is 1.39. The van der Waals surface area contributed by atoms with E-state index in [0.29, 0.717) is 6.54 Å². The van der Waals surface area contributed by atoms with E-state index in [1.807, 2.05) is 6.92 Å². The lowest BCUT2D eigenvalue weighted by atomic mass is 10.3. The summed E-state index contributed by atoms with van der Waals surface area (Å²) >= 11 is 0. The molecule has 0 fully saturated rings. The van der Waals surface area contributed by atoms with Gasteiger partial charge in [-0.15, -0.1) is 0 Å². The second-order valence-corrected chi connectivity index (χ2v) is 3.47. The molecule has 19 heavy (non-hydrogen) atoms. The minimum Gasteiger partial charge on any atom is -0.476 e. The van der Waals surface area contributed by atoms with E-state index in [2.05, 4.69) is 20.6 Å². The average molecular weight is 269 g/mol.